The SMILES string of the molecule is Cc1nc2c(-c3ccc(Cl)cc3F)nc(N3CCOC(c4cnn(C5CN(C)C5)c4)C3)nc2c(=O)n1C. The van der Waals surface area contributed by atoms with Gasteiger partial charge in [0.15, 0.2) is 5.52 Å². The molecule has 1 unspecified atom stereocenters. The Hall–Kier alpha value is -3.41. The molecular formula is C25H26ClFN8O2. The standard InChI is InChI=1S/C25H26ClFN8O2/c1-14-29-22-21(18-5-4-16(26)8-19(18)27)30-25(31-23(22)24(36)33(14)3)34-6-7-37-20(13-34)15-9-28-35(10-15)17-11-32(2)12-17/h4-5,8-10,17,20H,6-7,11-13H2,1-3H3. The van der Waals surface area contributed by atoms with Crippen LogP contribution in [-0.2, 0) is 11.8 Å². The molecule has 1 atom stereocenters. The fraction of sp³-hybridized carbons (Fsp3) is 0.400. The smallest absolute Gasteiger partial charge is 0.279 e. The van der Waals surface area contributed by atoms with Gasteiger partial charge in [0, 0.05) is 49.0 Å². The largest absolute Gasteiger partial charge is 0.370 e. The van der Waals surface area contributed by atoms with Crippen LogP contribution >= 0.6 is 11.6 Å². The summed E-state index contributed by atoms with van der Waals surface area (Å²) in [5.41, 5.74) is 1.49. The van der Waals surface area contributed by atoms with Gasteiger partial charge < -0.3 is 14.5 Å². The first kappa shape index (κ1) is 24.0. The van der Waals surface area contributed by atoms with E-state index in [2.05, 4.69) is 27.0 Å². The molecule has 0 N–H and O–H groups in total. The zero-order chi connectivity index (χ0) is 25.8. The van der Waals surface area contributed by atoms with Crippen LogP contribution in [0.15, 0.2) is 35.4 Å². The number of aromatic nitrogens is 6. The first-order valence-electron chi connectivity index (χ1n) is 12.1. The van der Waals surface area contributed by atoms with Crippen LogP contribution in [0.1, 0.15) is 23.5 Å². The Labute approximate surface area is 217 Å². The van der Waals surface area contributed by atoms with Gasteiger partial charge in [-0.15, -0.1) is 0 Å². The number of hydrogen-bond acceptors (Lipinski definition) is 8. The number of rotatable bonds is 4. The molecule has 0 aliphatic carbocycles. The maximum absolute atomic E-state index is 15.0. The number of halogens is 2. The number of ether oxygens (including phenoxy) is 1. The molecule has 2 aliphatic heterocycles. The number of likely N-dealkylation sites (N-methyl/N-ethyl adjacent to an activating group) is 1. The summed E-state index contributed by atoms with van der Waals surface area (Å²) in [5.74, 6) is 0.249. The first-order valence-corrected chi connectivity index (χ1v) is 12.5. The molecule has 4 aromatic rings. The van der Waals surface area contributed by atoms with Crippen molar-refractivity contribution < 1.29 is 9.13 Å². The van der Waals surface area contributed by atoms with E-state index in [-0.39, 0.29) is 39.0 Å². The number of benzene rings is 1. The van der Waals surface area contributed by atoms with Gasteiger partial charge in [-0.2, -0.15) is 5.10 Å². The van der Waals surface area contributed by atoms with Crippen LogP contribution in [0.3, 0.4) is 0 Å². The second-order valence-corrected chi connectivity index (χ2v) is 10.1. The van der Waals surface area contributed by atoms with E-state index in [0.717, 1.165) is 18.7 Å². The van der Waals surface area contributed by atoms with Crippen molar-refractivity contribution in [1.29, 1.82) is 0 Å². The fourth-order valence-corrected chi connectivity index (χ4v) is 4.99. The second kappa shape index (κ2) is 9.16. The summed E-state index contributed by atoms with van der Waals surface area (Å²) in [5, 5.41) is 4.81. The lowest BCUT2D eigenvalue weighted by Gasteiger charge is -2.36. The number of morpholine rings is 1. The number of fused-ring (bicyclic) bond motifs is 1. The molecule has 0 spiro atoms. The summed E-state index contributed by atoms with van der Waals surface area (Å²) in [6.45, 7) is 5.07. The van der Waals surface area contributed by atoms with Crippen LogP contribution in [0.2, 0.25) is 5.02 Å². The summed E-state index contributed by atoms with van der Waals surface area (Å²) < 4.78 is 24.5. The monoisotopic (exact) mass is 524 g/mol. The van der Waals surface area contributed by atoms with Gasteiger partial charge in [0.25, 0.3) is 5.56 Å². The minimum atomic E-state index is -0.549. The number of nitrogens with zero attached hydrogens (tertiary/aromatic N) is 8. The van der Waals surface area contributed by atoms with Gasteiger partial charge in [0.1, 0.15) is 29.0 Å². The molecule has 0 bridgehead atoms. The number of likely N-dealkylation sites (tertiary alicyclic amines) is 1. The third kappa shape index (κ3) is 4.26. The predicted octanol–water partition coefficient (Wildman–Crippen LogP) is 2.75. The van der Waals surface area contributed by atoms with Crippen molar-refractivity contribution in [3.63, 3.8) is 0 Å². The highest BCUT2D eigenvalue weighted by molar-refractivity contribution is 6.30. The van der Waals surface area contributed by atoms with Crippen molar-refractivity contribution in [2.45, 2.75) is 19.1 Å². The van der Waals surface area contributed by atoms with Gasteiger partial charge in [0.05, 0.1) is 25.4 Å². The number of anilines is 1. The normalized spacial score (nSPS) is 18.9. The molecule has 10 nitrogen and oxygen atoms in total. The van der Waals surface area contributed by atoms with Crippen LogP contribution in [0.25, 0.3) is 22.3 Å². The summed E-state index contributed by atoms with van der Waals surface area (Å²) >= 11 is 5.99. The summed E-state index contributed by atoms with van der Waals surface area (Å²) in [6.07, 6.45) is 3.63. The molecule has 2 fully saturated rings. The lowest BCUT2D eigenvalue weighted by Crippen LogP contribution is -2.45. The van der Waals surface area contributed by atoms with E-state index in [0.29, 0.717) is 37.5 Å². The Kier molecular flexibility index (Phi) is 5.93. The van der Waals surface area contributed by atoms with E-state index in [9.17, 15) is 4.79 Å². The zero-order valence-electron chi connectivity index (χ0n) is 20.7. The van der Waals surface area contributed by atoms with Crippen molar-refractivity contribution in [3.8, 4) is 11.3 Å². The molecule has 6 rings (SSSR count). The minimum Gasteiger partial charge on any atom is -0.370 e. The Morgan fingerprint density at radius 2 is 1.92 bits per heavy atom. The zero-order valence-corrected chi connectivity index (χ0v) is 21.5. The third-order valence-electron chi connectivity index (χ3n) is 7.09. The van der Waals surface area contributed by atoms with Gasteiger partial charge in [0.2, 0.25) is 5.95 Å². The maximum Gasteiger partial charge on any atom is 0.279 e. The van der Waals surface area contributed by atoms with Crippen LogP contribution in [0.5, 0.6) is 0 Å². The van der Waals surface area contributed by atoms with Gasteiger partial charge in [-0.25, -0.2) is 19.3 Å². The van der Waals surface area contributed by atoms with Crippen molar-refractivity contribution in [2.75, 3.05) is 44.7 Å². The quantitative estimate of drug-likeness (QED) is 0.402. The molecule has 1 aromatic carbocycles. The molecule has 12 heteroatoms. The summed E-state index contributed by atoms with van der Waals surface area (Å²) in [7, 11) is 3.72. The maximum atomic E-state index is 15.0. The van der Waals surface area contributed by atoms with Crippen molar-refractivity contribution in [3.05, 3.63) is 63.2 Å². The van der Waals surface area contributed by atoms with Crippen molar-refractivity contribution in [2.24, 2.45) is 7.05 Å². The van der Waals surface area contributed by atoms with Crippen LogP contribution in [-0.4, -0.2) is 74.0 Å². The van der Waals surface area contributed by atoms with Gasteiger partial charge in [-0.1, -0.05) is 11.6 Å². The fourth-order valence-electron chi connectivity index (χ4n) is 4.84. The molecule has 0 radical (unpaired) electrons. The number of hydrogen-bond donors (Lipinski definition) is 0. The van der Waals surface area contributed by atoms with Gasteiger partial charge in [-0.05, 0) is 32.2 Å². The molecular weight excluding hydrogens is 499 g/mol. The second-order valence-electron chi connectivity index (χ2n) is 9.65. The average molecular weight is 525 g/mol. The molecule has 2 saturated heterocycles. The Balaban J connectivity index is 1.40. The number of aryl methyl sites for hydroxylation is 1. The Morgan fingerprint density at radius 1 is 1.11 bits per heavy atom. The highest BCUT2D eigenvalue weighted by Gasteiger charge is 2.30. The van der Waals surface area contributed by atoms with Gasteiger partial charge in [-0.3, -0.25) is 14.0 Å². The highest BCUT2D eigenvalue weighted by Crippen LogP contribution is 2.32. The van der Waals surface area contributed by atoms with E-state index >= 15 is 4.39 Å². The molecule has 192 valence electrons. The molecule has 37 heavy (non-hydrogen) atoms. The molecule has 0 amide bonds. The van der Waals surface area contributed by atoms with E-state index in [1.165, 1.54) is 10.6 Å². The lowest BCUT2D eigenvalue weighted by atomic mass is 10.1. The summed E-state index contributed by atoms with van der Waals surface area (Å²) in [6, 6.07) is 4.72. The van der Waals surface area contributed by atoms with E-state index < -0.39 is 5.82 Å². The van der Waals surface area contributed by atoms with Crippen LogP contribution < -0.4 is 10.5 Å². The first-order chi connectivity index (χ1) is 17.8. The van der Waals surface area contributed by atoms with Gasteiger partial charge >= 0.3 is 0 Å². The lowest BCUT2D eigenvalue weighted by molar-refractivity contribution is 0.0390. The van der Waals surface area contributed by atoms with E-state index in [4.69, 9.17) is 21.3 Å². The Bertz CT molecular complexity index is 1560. The predicted molar refractivity (Wildman–Crippen MR) is 137 cm³/mol. The average Bonchev–Trinajstić information content (AvgIpc) is 3.35. The van der Waals surface area contributed by atoms with Crippen LogP contribution in [0.4, 0.5) is 10.3 Å². The van der Waals surface area contributed by atoms with E-state index in [1.54, 1.807) is 26.1 Å². The molecule has 2 aliphatic rings. The van der Waals surface area contributed by atoms with Crippen molar-refractivity contribution >= 4 is 28.6 Å². The van der Waals surface area contributed by atoms with Crippen LogP contribution in [0, 0.1) is 12.7 Å². The molecule has 5 heterocycles. The minimum absolute atomic E-state index is 0.132. The molecule has 0 saturated carbocycles. The Morgan fingerprint density at radius 3 is 2.68 bits per heavy atom. The topological polar surface area (TPSA) is 94.2 Å². The third-order valence-corrected chi connectivity index (χ3v) is 7.32. The van der Waals surface area contributed by atoms with Crippen molar-refractivity contribution in [1.82, 2.24) is 34.2 Å². The summed E-state index contributed by atoms with van der Waals surface area (Å²) in [4.78, 5) is 31.3. The van der Waals surface area contributed by atoms with E-state index in [1.807, 2.05) is 22.0 Å². The highest BCUT2D eigenvalue weighted by atomic mass is 35.5. The molecule has 3 aromatic heterocycles.